The Morgan fingerprint density at radius 1 is 1.02 bits per heavy atom. The van der Waals surface area contributed by atoms with E-state index in [-0.39, 0.29) is 18.7 Å². The van der Waals surface area contributed by atoms with E-state index in [9.17, 15) is 18.0 Å². The first-order chi connectivity index (χ1) is 20.9. The number of benzene rings is 3. The molecule has 7 nitrogen and oxygen atoms in total. The number of nitrogens with zero attached hydrogens (tertiary/aromatic N) is 3. The molecular weight excluding hydrogens is 581 g/mol. The quantitative estimate of drug-likeness (QED) is 0.209. The number of aromatic nitrogens is 2. The molecule has 0 bridgehead atoms. The number of carbonyl (C=O) groups excluding carboxylic acids is 1. The minimum absolute atomic E-state index is 0.0715. The summed E-state index contributed by atoms with van der Waals surface area (Å²) in [6.45, 7) is 4.80. The van der Waals surface area contributed by atoms with Gasteiger partial charge < -0.3 is 15.8 Å². The fourth-order valence-corrected chi connectivity index (χ4v) is 5.77. The second-order valence-electron chi connectivity index (χ2n) is 10.6. The molecule has 0 radical (unpaired) electrons. The summed E-state index contributed by atoms with van der Waals surface area (Å²) in [5, 5.41) is 7.01. The highest BCUT2D eigenvalue weighted by Crippen LogP contribution is 2.39. The van der Waals surface area contributed by atoms with E-state index < -0.39 is 35.1 Å². The third-order valence-corrected chi connectivity index (χ3v) is 7.86. The predicted molar refractivity (Wildman–Crippen MR) is 157 cm³/mol. The number of hydrogen-bond donors (Lipinski definition) is 2. The zero-order valence-electron chi connectivity index (χ0n) is 24.5. The molecule has 0 saturated heterocycles. The normalized spacial score (nSPS) is 13.5. The standard InChI is InChI=1S/C32H32F5N5O2/c1-4-18-7-6-8-19(5-2)29(18)42-30(22-14-25(34)27(15-24(22)33)39-31(38)43)23-17-41(12-11-26(23)40-42)16-20-13-21(32(35,36)37)9-10-28(20)44-3/h6-10,13-15H,4-5,11-12,16-17H2,1-3H3,(H3,38,39,43). The van der Waals surface area contributed by atoms with Gasteiger partial charge in [-0.05, 0) is 48.2 Å². The number of nitrogens with two attached hydrogens (primary N) is 1. The van der Waals surface area contributed by atoms with E-state index in [0.29, 0.717) is 54.1 Å². The van der Waals surface area contributed by atoms with Crippen LogP contribution in [-0.4, -0.2) is 34.4 Å². The van der Waals surface area contributed by atoms with E-state index in [1.165, 1.54) is 13.2 Å². The maximum atomic E-state index is 15.8. The van der Waals surface area contributed by atoms with Crippen molar-refractivity contribution in [3.8, 4) is 22.7 Å². The lowest BCUT2D eigenvalue weighted by Gasteiger charge is -2.28. The van der Waals surface area contributed by atoms with Crippen LogP contribution in [0.1, 0.15) is 47.4 Å². The number of hydrogen-bond acceptors (Lipinski definition) is 4. The number of halogens is 5. The molecule has 4 aromatic rings. The summed E-state index contributed by atoms with van der Waals surface area (Å²) in [5.41, 5.74) is 8.56. The molecule has 3 aromatic carbocycles. The SMILES string of the molecule is CCc1cccc(CC)c1-n1nc2c(c1-c1cc(F)c(NC(N)=O)cc1F)CN(Cc1cc(C(F)(F)F)ccc1OC)CC2. The van der Waals surface area contributed by atoms with Gasteiger partial charge in [0.15, 0.2) is 0 Å². The lowest BCUT2D eigenvalue weighted by molar-refractivity contribution is -0.137. The van der Waals surface area contributed by atoms with Crippen LogP contribution >= 0.6 is 0 Å². The molecule has 1 aliphatic rings. The van der Waals surface area contributed by atoms with Crippen LogP contribution in [0.25, 0.3) is 16.9 Å². The number of anilines is 1. The van der Waals surface area contributed by atoms with Crippen LogP contribution in [0.2, 0.25) is 0 Å². The Balaban J connectivity index is 1.66. The summed E-state index contributed by atoms with van der Waals surface area (Å²) >= 11 is 0. The minimum atomic E-state index is -4.52. The number of urea groups is 1. The first kappa shape index (κ1) is 31.0. The molecule has 0 saturated carbocycles. The Kier molecular flexibility index (Phi) is 8.64. The zero-order valence-corrected chi connectivity index (χ0v) is 24.5. The van der Waals surface area contributed by atoms with Crippen molar-refractivity contribution in [1.29, 1.82) is 0 Å². The highest BCUT2D eigenvalue weighted by atomic mass is 19.4. The molecule has 0 unspecified atom stereocenters. The molecule has 0 atom stereocenters. The molecule has 2 amide bonds. The van der Waals surface area contributed by atoms with Crippen LogP contribution in [0.5, 0.6) is 5.75 Å². The van der Waals surface area contributed by atoms with Gasteiger partial charge in [-0.25, -0.2) is 18.3 Å². The minimum Gasteiger partial charge on any atom is -0.496 e. The summed E-state index contributed by atoms with van der Waals surface area (Å²) in [5.74, 6) is -1.37. The number of alkyl halides is 3. The largest absolute Gasteiger partial charge is 0.496 e. The number of carbonyl (C=O) groups is 1. The van der Waals surface area contributed by atoms with Gasteiger partial charge in [-0.2, -0.15) is 18.3 Å². The molecule has 5 rings (SSSR count). The van der Waals surface area contributed by atoms with Crippen LogP contribution in [-0.2, 0) is 38.5 Å². The monoisotopic (exact) mass is 613 g/mol. The fourth-order valence-electron chi connectivity index (χ4n) is 5.77. The maximum absolute atomic E-state index is 15.8. The summed E-state index contributed by atoms with van der Waals surface area (Å²) in [6, 6.07) is 10.0. The summed E-state index contributed by atoms with van der Waals surface area (Å²) < 4.78 is 78.6. The Morgan fingerprint density at radius 3 is 2.34 bits per heavy atom. The van der Waals surface area contributed by atoms with Crippen LogP contribution < -0.4 is 15.8 Å². The van der Waals surface area contributed by atoms with E-state index in [4.69, 9.17) is 15.6 Å². The molecule has 232 valence electrons. The molecule has 2 heterocycles. The van der Waals surface area contributed by atoms with Crippen molar-refractivity contribution >= 4 is 11.7 Å². The summed E-state index contributed by atoms with van der Waals surface area (Å²) in [7, 11) is 1.40. The van der Waals surface area contributed by atoms with Gasteiger partial charge in [0.2, 0.25) is 0 Å². The molecule has 0 fully saturated rings. The molecule has 0 spiro atoms. The van der Waals surface area contributed by atoms with Gasteiger partial charge in [-0.15, -0.1) is 0 Å². The van der Waals surface area contributed by atoms with Crippen LogP contribution in [0.3, 0.4) is 0 Å². The number of amides is 2. The van der Waals surface area contributed by atoms with Gasteiger partial charge in [0.25, 0.3) is 0 Å². The average molecular weight is 614 g/mol. The smallest absolute Gasteiger partial charge is 0.416 e. The maximum Gasteiger partial charge on any atom is 0.416 e. The summed E-state index contributed by atoms with van der Waals surface area (Å²) in [6.07, 6.45) is -2.78. The molecular formula is C32H32F5N5O2. The lowest BCUT2D eigenvalue weighted by Crippen LogP contribution is -2.30. The predicted octanol–water partition coefficient (Wildman–Crippen LogP) is 7.02. The van der Waals surface area contributed by atoms with Gasteiger partial charge in [0, 0.05) is 48.8 Å². The van der Waals surface area contributed by atoms with Crippen molar-refractivity contribution in [3.63, 3.8) is 0 Å². The Hall–Kier alpha value is -4.45. The first-order valence-electron chi connectivity index (χ1n) is 14.2. The second-order valence-corrected chi connectivity index (χ2v) is 10.6. The second kappa shape index (κ2) is 12.3. The number of primary amides is 1. The van der Waals surface area contributed by atoms with Gasteiger partial charge in [-0.1, -0.05) is 32.0 Å². The van der Waals surface area contributed by atoms with Gasteiger partial charge >= 0.3 is 12.2 Å². The van der Waals surface area contributed by atoms with Crippen molar-refractivity contribution in [2.24, 2.45) is 5.73 Å². The molecule has 3 N–H and O–H groups in total. The number of methoxy groups -OCH3 is 1. The van der Waals surface area contributed by atoms with E-state index in [0.717, 1.165) is 41.1 Å². The van der Waals surface area contributed by atoms with E-state index in [2.05, 4.69) is 5.32 Å². The van der Waals surface area contributed by atoms with Crippen molar-refractivity contribution in [2.45, 2.75) is 52.4 Å². The van der Waals surface area contributed by atoms with Crippen molar-refractivity contribution in [2.75, 3.05) is 19.0 Å². The van der Waals surface area contributed by atoms with E-state index in [1.807, 2.05) is 36.9 Å². The van der Waals surface area contributed by atoms with Gasteiger partial charge in [0.05, 0.1) is 35.4 Å². The molecule has 1 aliphatic heterocycles. The third kappa shape index (κ3) is 5.99. The number of nitrogens with one attached hydrogen (secondary N) is 1. The highest BCUT2D eigenvalue weighted by molar-refractivity contribution is 5.88. The number of rotatable bonds is 8. The van der Waals surface area contributed by atoms with Crippen LogP contribution in [0.4, 0.5) is 32.4 Å². The van der Waals surface area contributed by atoms with Crippen LogP contribution in [0, 0.1) is 11.6 Å². The Labute approximate surface area is 251 Å². The van der Waals surface area contributed by atoms with Crippen molar-refractivity contribution in [3.05, 3.63) is 93.7 Å². The Morgan fingerprint density at radius 2 is 1.73 bits per heavy atom. The fraction of sp³-hybridized carbons (Fsp3) is 0.312. The Bertz CT molecular complexity index is 1690. The number of aryl methyl sites for hydroxylation is 2. The average Bonchev–Trinajstić information content (AvgIpc) is 3.35. The number of fused-ring (bicyclic) bond motifs is 1. The van der Waals surface area contributed by atoms with Crippen molar-refractivity contribution < 1.29 is 31.5 Å². The molecule has 0 aliphatic carbocycles. The topological polar surface area (TPSA) is 85.4 Å². The van der Waals surface area contributed by atoms with Gasteiger partial charge in [-0.3, -0.25) is 4.90 Å². The first-order valence-corrected chi connectivity index (χ1v) is 14.2. The van der Waals surface area contributed by atoms with Gasteiger partial charge in [0.1, 0.15) is 17.4 Å². The van der Waals surface area contributed by atoms with E-state index in [1.54, 1.807) is 4.68 Å². The summed E-state index contributed by atoms with van der Waals surface area (Å²) in [4.78, 5) is 13.3. The third-order valence-electron chi connectivity index (χ3n) is 7.86. The van der Waals surface area contributed by atoms with Crippen LogP contribution in [0.15, 0.2) is 48.5 Å². The molecule has 1 aromatic heterocycles. The lowest BCUT2D eigenvalue weighted by atomic mass is 9.98. The molecule has 44 heavy (non-hydrogen) atoms. The van der Waals surface area contributed by atoms with E-state index >= 15 is 8.78 Å². The molecule has 12 heteroatoms. The van der Waals surface area contributed by atoms with Crippen molar-refractivity contribution in [1.82, 2.24) is 14.7 Å². The number of para-hydroxylation sites is 1. The number of ether oxygens (including phenoxy) is 1. The zero-order chi connectivity index (χ0) is 31.8. The highest BCUT2D eigenvalue weighted by Gasteiger charge is 2.33.